The second-order valence-electron chi connectivity index (χ2n) is 8.29. The Balaban J connectivity index is 1.45. The zero-order valence-electron chi connectivity index (χ0n) is 19.4. The summed E-state index contributed by atoms with van der Waals surface area (Å²) in [4.78, 5) is 53.1. The number of amides is 2. The topological polar surface area (TPSA) is 95.6 Å². The molecule has 0 bridgehead atoms. The van der Waals surface area contributed by atoms with E-state index in [2.05, 4.69) is 10.6 Å². The summed E-state index contributed by atoms with van der Waals surface area (Å²) >= 11 is 6.02. The summed E-state index contributed by atoms with van der Waals surface area (Å²) in [7, 11) is 0. The third kappa shape index (κ3) is 5.16. The number of carbonyl (C=O) groups excluding carboxylic acids is 4. The molecule has 3 aromatic carbocycles. The van der Waals surface area contributed by atoms with Gasteiger partial charge in [-0.2, -0.15) is 0 Å². The van der Waals surface area contributed by atoms with Gasteiger partial charge in [0.1, 0.15) is 0 Å². The van der Waals surface area contributed by atoms with Gasteiger partial charge in [-0.1, -0.05) is 61.0 Å². The van der Waals surface area contributed by atoms with E-state index in [0.717, 1.165) is 5.56 Å². The van der Waals surface area contributed by atoms with E-state index in [9.17, 15) is 19.2 Å². The molecule has 2 N–H and O–H groups in total. The lowest BCUT2D eigenvalue weighted by molar-refractivity contribution is -0.119. The lowest BCUT2D eigenvalue weighted by atomic mass is 9.83. The van der Waals surface area contributed by atoms with Gasteiger partial charge in [0.2, 0.25) is 11.8 Å². The van der Waals surface area contributed by atoms with Crippen LogP contribution in [0.2, 0.25) is 5.02 Å². The molecule has 4 rings (SSSR count). The number of aryl methyl sites for hydroxylation is 1. The molecule has 35 heavy (non-hydrogen) atoms. The van der Waals surface area contributed by atoms with Gasteiger partial charge < -0.3 is 10.6 Å². The van der Waals surface area contributed by atoms with E-state index in [-0.39, 0.29) is 47.4 Å². The van der Waals surface area contributed by atoms with Gasteiger partial charge in [0.15, 0.2) is 11.6 Å². The van der Waals surface area contributed by atoms with Crippen LogP contribution >= 0.6 is 11.6 Å². The molecule has 0 heterocycles. The second-order valence-corrected chi connectivity index (χ2v) is 8.73. The van der Waals surface area contributed by atoms with Crippen LogP contribution in [-0.4, -0.2) is 47.9 Å². The van der Waals surface area contributed by atoms with Gasteiger partial charge in [0, 0.05) is 27.4 Å². The highest BCUT2D eigenvalue weighted by atomic mass is 35.5. The first-order valence-electron chi connectivity index (χ1n) is 11.2. The number of nitrogens with zero attached hydrogens (tertiary/aromatic N) is 1. The summed E-state index contributed by atoms with van der Waals surface area (Å²) in [6.07, 6.45) is 0. The molecular weight excluding hydrogens is 466 g/mol. The van der Waals surface area contributed by atoms with Crippen molar-refractivity contribution >= 4 is 46.4 Å². The summed E-state index contributed by atoms with van der Waals surface area (Å²) in [5, 5.41) is 6.09. The zero-order valence-corrected chi connectivity index (χ0v) is 20.1. The maximum atomic E-state index is 13.1. The fourth-order valence-electron chi connectivity index (χ4n) is 4.04. The van der Waals surface area contributed by atoms with Crippen molar-refractivity contribution in [3.8, 4) is 0 Å². The molecular formula is C27H24ClN3O4. The predicted octanol–water partition coefficient (Wildman–Crippen LogP) is 4.32. The summed E-state index contributed by atoms with van der Waals surface area (Å²) in [5.74, 6) is -1.24. The van der Waals surface area contributed by atoms with Crippen molar-refractivity contribution in [2.45, 2.75) is 13.8 Å². The molecule has 3 aromatic rings. The Kier molecular flexibility index (Phi) is 7.10. The number of anilines is 2. The maximum Gasteiger partial charge on any atom is 0.238 e. The minimum atomic E-state index is -0.397. The fourth-order valence-corrected chi connectivity index (χ4v) is 4.22. The van der Waals surface area contributed by atoms with E-state index in [4.69, 9.17) is 11.6 Å². The molecule has 2 amide bonds. The molecule has 0 fully saturated rings. The largest absolute Gasteiger partial charge is 0.325 e. The Morgan fingerprint density at radius 1 is 0.800 bits per heavy atom. The Morgan fingerprint density at radius 2 is 1.40 bits per heavy atom. The first kappa shape index (κ1) is 24.3. The van der Waals surface area contributed by atoms with Crippen LogP contribution in [0, 0.1) is 6.92 Å². The van der Waals surface area contributed by atoms with Crippen molar-refractivity contribution in [2.24, 2.45) is 0 Å². The van der Waals surface area contributed by atoms with Crippen molar-refractivity contribution in [3.63, 3.8) is 0 Å². The molecule has 0 unspecified atom stereocenters. The molecule has 1 aliphatic rings. The molecule has 178 valence electrons. The fraction of sp³-hybridized carbons (Fsp3) is 0.185. The smallest absolute Gasteiger partial charge is 0.238 e. The highest BCUT2D eigenvalue weighted by molar-refractivity contribution is 6.31. The normalized spacial score (nSPS) is 12.2. The van der Waals surface area contributed by atoms with Crippen LogP contribution in [0.4, 0.5) is 11.4 Å². The van der Waals surface area contributed by atoms with Gasteiger partial charge in [0.25, 0.3) is 0 Å². The van der Waals surface area contributed by atoms with Crippen LogP contribution in [0.15, 0.2) is 60.7 Å². The summed E-state index contributed by atoms with van der Waals surface area (Å²) in [5.41, 5.74) is 2.87. The molecule has 0 aromatic heterocycles. The highest BCUT2D eigenvalue weighted by Gasteiger charge is 2.31. The lowest BCUT2D eigenvalue weighted by Crippen LogP contribution is -2.39. The Morgan fingerprint density at radius 3 is 2.06 bits per heavy atom. The Bertz CT molecular complexity index is 1350. The molecule has 0 aliphatic heterocycles. The molecule has 0 atom stereocenters. The monoisotopic (exact) mass is 489 g/mol. The van der Waals surface area contributed by atoms with Crippen molar-refractivity contribution in [1.29, 1.82) is 0 Å². The van der Waals surface area contributed by atoms with Crippen LogP contribution in [0.1, 0.15) is 44.3 Å². The van der Waals surface area contributed by atoms with E-state index in [1.54, 1.807) is 59.5 Å². The molecule has 7 nitrogen and oxygen atoms in total. The highest BCUT2D eigenvalue weighted by Crippen LogP contribution is 2.32. The minimum absolute atomic E-state index is 0.00639. The van der Waals surface area contributed by atoms with Gasteiger partial charge in [0.05, 0.1) is 24.3 Å². The number of ketones is 2. The molecule has 8 heteroatoms. The van der Waals surface area contributed by atoms with Crippen molar-refractivity contribution in [1.82, 2.24) is 4.90 Å². The molecule has 0 saturated heterocycles. The molecule has 0 saturated carbocycles. The number of likely N-dealkylation sites (N-methyl/N-ethyl adjacent to an activating group) is 1. The standard InChI is InChI=1S/C27H24ClN3O4/c1-3-31(15-24(33)30-22-13-17(28)12-11-16(22)2)14-23(32)29-21-10-6-9-20-25(21)27(35)19-8-5-4-7-18(19)26(20)34/h4-13H,3,14-15H2,1-2H3,(H,29,32)(H,30,33). The van der Waals surface area contributed by atoms with Crippen LogP contribution in [0.5, 0.6) is 0 Å². The molecule has 0 radical (unpaired) electrons. The second kappa shape index (κ2) is 10.2. The van der Waals surface area contributed by atoms with E-state index in [1.807, 2.05) is 19.9 Å². The number of benzene rings is 3. The number of halogens is 1. The number of hydrogen-bond acceptors (Lipinski definition) is 5. The Hall–Kier alpha value is -3.81. The average molecular weight is 490 g/mol. The molecule has 1 aliphatic carbocycles. The first-order chi connectivity index (χ1) is 16.8. The predicted molar refractivity (Wildman–Crippen MR) is 135 cm³/mol. The average Bonchev–Trinajstić information content (AvgIpc) is 2.84. The minimum Gasteiger partial charge on any atom is -0.325 e. The number of carbonyl (C=O) groups is 4. The van der Waals surface area contributed by atoms with Crippen LogP contribution in [0.3, 0.4) is 0 Å². The van der Waals surface area contributed by atoms with E-state index >= 15 is 0 Å². The third-order valence-electron chi connectivity index (χ3n) is 5.88. The van der Waals surface area contributed by atoms with Crippen molar-refractivity contribution < 1.29 is 19.2 Å². The zero-order chi connectivity index (χ0) is 25.1. The Labute approximate surface area is 208 Å². The number of fused-ring (bicyclic) bond motifs is 2. The van der Waals surface area contributed by atoms with Crippen molar-refractivity contribution in [2.75, 3.05) is 30.3 Å². The van der Waals surface area contributed by atoms with Gasteiger partial charge in [-0.15, -0.1) is 0 Å². The quantitative estimate of drug-likeness (QED) is 0.403. The third-order valence-corrected chi connectivity index (χ3v) is 6.12. The summed E-state index contributed by atoms with van der Waals surface area (Å²) < 4.78 is 0. The van der Waals surface area contributed by atoms with E-state index in [1.165, 1.54) is 0 Å². The van der Waals surface area contributed by atoms with Crippen LogP contribution < -0.4 is 10.6 Å². The van der Waals surface area contributed by atoms with Crippen LogP contribution in [0.25, 0.3) is 0 Å². The lowest BCUT2D eigenvalue weighted by Gasteiger charge is -2.22. The SMILES string of the molecule is CCN(CC(=O)Nc1cc(Cl)ccc1C)CC(=O)Nc1cccc2c1C(=O)c1ccccc1C2=O. The van der Waals surface area contributed by atoms with Crippen LogP contribution in [-0.2, 0) is 9.59 Å². The van der Waals surface area contributed by atoms with Gasteiger partial charge >= 0.3 is 0 Å². The number of hydrogen-bond donors (Lipinski definition) is 2. The van der Waals surface area contributed by atoms with E-state index < -0.39 is 5.91 Å². The number of rotatable bonds is 7. The summed E-state index contributed by atoms with van der Waals surface area (Å²) in [6, 6.07) is 16.7. The molecule has 0 spiro atoms. The van der Waals surface area contributed by atoms with Crippen molar-refractivity contribution in [3.05, 3.63) is 93.5 Å². The van der Waals surface area contributed by atoms with E-state index in [0.29, 0.717) is 28.4 Å². The van der Waals surface area contributed by atoms with Gasteiger partial charge in [-0.05, 0) is 37.2 Å². The van der Waals surface area contributed by atoms with Gasteiger partial charge in [-0.3, -0.25) is 24.1 Å². The summed E-state index contributed by atoms with van der Waals surface area (Å²) in [6.45, 7) is 4.08. The first-order valence-corrected chi connectivity index (χ1v) is 11.6. The maximum absolute atomic E-state index is 13.1. The van der Waals surface area contributed by atoms with Gasteiger partial charge in [-0.25, -0.2) is 0 Å². The number of nitrogens with one attached hydrogen (secondary N) is 2.